The number of thioether (sulfide) groups is 1. The van der Waals surface area contributed by atoms with E-state index in [2.05, 4.69) is 34.2 Å². The van der Waals surface area contributed by atoms with Gasteiger partial charge in [0.1, 0.15) is 5.25 Å². The quantitative estimate of drug-likeness (QED) is 0.498. The van der Waals surface area contributed by atoms with Gasteiger partial charge in [-0.05, 0) is 43.3 Å². The second-order valence-corrected chi connectivity index (χ2v) is 9.02. The molecule has 1 atom stereocenters. The van der Waals surface area contributed by atoms with Crippen LogP contribution in [-0.2, 0) is 16.1 Å². The predicted octanol–water partition coefficient (Wildman–Crippen LogP) is 3.73. The van der Waals surface area contributed by atoms with Crippen LogP contribution in [0.3, 0.4) is 0 Å². The molecule has 1 N–H and O–H groups in total. The van der Waals surface area contributed by atoms with Crippen LogP contribution in [-0.4, -0.2) is 66.8 Å². The second kappa shape index (κ2) is 11.3. The molecule has 166 valence electrons. The first-order chi connectivity index (χ1) is 15.0. The van der Waals surface area contributed by atoms with Gasteiger partial charge in [0.05, 0.1) is 12.7 Å². The number of carbonyl (C=O) groups excluding carboxylic acids is 2. The van der Waals surface area contributed by atoms with Crippen LogP contribution in [0.4, 0.5) is 5.69 Å². The molecular weight excluding hydrogens is 410 g/mol. The number of benzene rings is 2. The van der Waals surface area contributed by atoms with Crippen LogP contribution in [0.25, 0.3) is 0 Å². The number of rotatable bonds is 8. The van der Waals surface area contributed by atoms with Crippen molar-refractivity contribution >= 4 is 29.3 Å². The van der Waals surface area contributed by atoms with Crippen molar-refractivity contribution in [2.24, 2.45) is 0 Å². The molecule has 1 heterocycles. The largest absolute Gasteiger partial charge is 0.468 e. The van der Waals surface area contributed by atoms with Crippen molar-refractivity contribution < 1.29 is 14.3 Å². The topological polar surface area (TPSA) is 61.9 Å². The lowest BCUT2D eigenvalue weighted by Gasteiger charge is -2.34. The third kappa shape index (κ3) is 6.56. The molecule has 1 fully saturated rings. The van der Waals surface area contributed by atoms with Crippen molar-refractivity contribution in [3.05, 3.63) is 59.7 Å². The SMILES string of the molecule is CCN1CCN(Cc2ccc(NC(=O)c3ccccc3SC(C)C(=O)OC)cc2)CC1. The number of amides is 1. The minimum atomic E-state index is -0.391. The molecule has 0 saturated carbocycles. The number of carbonyl (C=O) groups is 2. The summed E-state index contributed by atoms with van der Waals surface area (Å²) in [5.74, 6) is -0.504. The van der Waals surface area contributed by atoms with Gasteiger partial charge >= 0.3 is 5.97 Å². The van der Waals surface area contributed by atoms with Crippen LogP contribution in [0.15, 0.2) is 53.4 Å². The van der Waals surface area contributed by atoms with E-state index in [0.29, 0.717) is 5.56 Å². The molecule has 1 aliphatic heterocycles. The number of nitrogens with zero attached hydrogens (tertiary/aromatic N) is 2. The molecule has 0 radical (unpaired) electrons. The van der Waals surface area contributed by atoms with Crippen LogP contribution in [0.2, 0.25) is 0 Å². The van der Waals surface area contributed by atoms with Crippen molar-refractivity contribution in [3.8, 4) is 0 Å². The smallest absolute Gasteiger partial charge is 0.318 e. The molecule has 2 aromatic carbocycles. The molecule has 3 rings (SSSR count). The monoisotopic (exact) mass is 441 g/mol. The maximum Gasteiger partial charge on any atom is 0.318 e. The number of hydrogen-bond donors (Lipinski definition) is 1. The predicted molar refractivity (Wildman–Crippen MR) is 126 cm³/mol. The molecule has 0 aromatic heterocycles. The van der Waals surface area contributed by atoms with E-state index in [0.717, 1.165) is 49.9 Å². The van der Waals surface area contributed by atoms with Gasteiger partial charge in [0.15, 0.2) is 0 Å². The Morgan fingerprint density at radius 2 is 1.68 bits per heavy atom. The lowest BCUT2D eigenvalue weighted by Crippen LogP contribution is -2.45. The first-order valence-electron chi connectivity index (χ1n) is 10.7. The molecule has 1 saturated heterocycles. The fourth-order valence-electron chi connectivity index (χ4n) is 3.58. The highest BCUT2D eigenvalue weighted by molar-refractivity contribution is 8.00. The van der Waals surface area contributed by atoms with Crippen molar-refractivity contribution in [1.82, 2.24) is 9.80 Å². The summed E-state index contributed by atoms with van der Waals surface area (Å²) >= 11 is 1.32. The Morgan fingerprint density at radius 3 is 2.32 bits per heavy atom. The van der Waals surface area contributed by atoms with Gasteiger partial charge in [0.25, 0.3) is 5.91 Å². The molecule has 1 amide bonds. The number of ether oxygens (including phenoxy) is 1. The van der Waals surface area contributed by atoms with E-state index in [-0.39, 0.29) is 11.9 Å². The summed E-state index contributed by atoms with van der Waals surface area (Å²) in [5, 5.41) is 2.58. The van der Waals surface area contributed by atoms with Gasteiger partial charge in [-0.25, -0.2) is 0 Å². The Kier molecular flexibility index (Phi) is 8.51. The van der Waals surface area contributed by atoms with Crippen molar-refractivity contribution in [3.63, 3.8) is 0 Å². The van der Waals surface area contributed by atoms with E-state index in [4.69, 9.17) is 4.74 Å². The average Bonchev–Trinajstić information content (AvgIpc) is 2.80. The Hall–Kier alpha value is -2.35. The third-order valence-electron chi connectivity index (χ3n) is 5.50. The maximum atomic E-state index is 12.9. The first-order valence-corrected chi connectivity index (χ1v) is 11.6. The normalized spacial score (nSPS) is 16.0. The lowest BCUT2D eigenvalue weighted by atomic mass is 10.1. The molecule has 0 spiro atoms. The fraction of sp³-hybridized carbons (Fsp3) is 0.417. The van der Waals surface area contributed by atoms with E-state index in [9.17, 15) is 9.59 Å². The molecule has 6 nitrogen and oxygen atoms in total. The highest BCUT2D eigenvalue weighted by atomic mass is 32.2. The second-order valence-electron chi connectivity index (χ2n) is 7.64. The van der Waals surface area contributed by atoms with Gasteiger partial charge in [0, 0.05) is 43.3 Å². The third-order valence-corrected chi connectivity index (χ3v) is 6.65. The van der Waals surface area contributed by atoms with E-state index in [1.165, 1.54) is 24.4 Å². The summed E-state index contributed by atoms with van der Waals surface area (Å²) < 4.78 is 4.79. The fourth-order valence-corrected chi connectivity index (χ4v) is 4.59. The Labute approximate surface area is 188 Å². The van der Waals surface area contributed by atoms with Gasteiger partial charge in [-0.2, -0.15) is 0 Å². The van der Waals surface area contributed by atoms with Crippen molar-refractivity contribution in [2.75, 3.05) is 45.2 Å². The molecule has 1 aliphatic rings. The molecule has 2 aromatic rings. The zero-order valence-corrected chi connectivity index (χ0v) is 19.3. The van der Waals surface area contributed by atoms with Crippen LogP contribution in [0, 0.1) is 0 Å². The first kappa shape index (κ1) is 23.3. The minimum Gasteiger partial charge on any atom is -0.468 e. The summed E-state index contributed by atoms with van der Waals surface area (Å²) in [6.07, 6.45) is 0. The summed E-state index contributed by atoms with van der Waals surface area (Å²) in [7, 11) is 1.37. The number of anilines is 1. The van der Waals surface area contributed by atoms with Crippen LogP contribution >= 0.6 is 11.8 Å². The number of methoxy groups -OCH3 is 1. The van der Waals surface area contributed by atoms with E-state index < -0.39 is 5.25 Å². The van der Waals surface area contributed by atoms with Crippen molar-refractivity contribution in [2.45, 2.75) is 30.5 Å². The number of hydrogen-bond acceptors (Lipinski definition) is 6. The molecule has 1 unspecified atom stereocenters. The molecule has 31 heavy (non-hydrogen) atoms. The molecule has 7 heteroatoms. The minimum absolute atomic E-state index is 0.191. The number of nitrogens with one attached hydrogen (secondary N) is 1. The highest BCUT2D eigenvalue weighted by Gasteiger charge is 2.19. The van der Waals surface area contributed by atoms with Gasteiger partial charge in [-0.1, -0.05) is 31.2 Å². The Bertz CT molecular complexity index is 880. The highest BCUT2D eigenvalue weighted by Crippen LogP contribution is 2.28. The summed E-state index contributed by atoms with van der Waals surface area (Å²) in [6.45, 7) is 10.4. The average molecular weight is 442 g/mol. The van der Waals surface area contributed by atoms with E-state index >= 15 is 0 Å². The lowest BCUT2D eigenvalue weighted by molar-refractivity contribution is -0.139. The summed E-state index contributed by atoms with van der Waals surface area (Å²) in [6, 6.07) is 15.3. The van der Waals surface area contributed by atoms with Crippen LogP contribution in [0.1, 0.15) is 29.8 Å². The maximum absolute atomic E-state index is 12.9. The summed E-state index contributed by atoms with van der Waals surface area (Å²) in [5.41, 5.74) is 2.54. The molecular formula is C24H31N3O3S. The Morgan fingerprint density at radius 1 is 1.03 bits per heavy atom. The molecule has 0 aliphatic carbocycles. The van der Waals surface area contributed by atoms with Gasteiger partial charge < -0.3 is 15.0 Å². The number of esters is 1. The van der Waals surface area contributed by atoms with Crippen LogP contribution < -0.4 is 5.32 Å². The number of likely N-dealkylation sites (N-methyl/N-ethyl adjacent to an activating group) is 1. The standard InChI is InChI=1S/C24H31N3O3S/c1-4-26-13-15-27(16-14-26)17-19-9-11-20(12-10-19)25-23(28)21-7-5-6-8-22(21)31-18(2)24(29)30-3/h5-12,18H,4,13-17H2,1-3H3,(H,25,28). The van der Waals surface area contributed by atoms with E-state index in [1.807, 2.05) is 30.3 Å². The van der Waals surface area contributed by atoms with Crippen LogP contribution in [0.5, 0.6) is 0 Å². The summed E-state index contributed by atoms with van der Waals surface area (Å²) in [4.78, 5) is 30.3. The van der Waals surface area contributed by atoms with Gasteiger partial charge in [-0.15, -0.1) is 11.8 Å². The number of piperazine rings is 1. The zero-order chi connectivity index (χ0) is 22.2. The molecule has 0 bridgehead atoms. The van der Waals surface area contributed by atoms with Gasteiger partial charge in [-0.3, -0.25) is 14.5 Å². The van der Waals surface area contributed by atoms with E-state index in [1.54, 1.807) is 13.0 Å². The van der Waals surface area contributed by atoms with Gasteiger partial charge in [0.2, 0.25) is 0 Å². The van der Waals surface area contributed by atoms with Crippen molar-refractivity contribution in [1.29, 1.82) is 0 Å². The zero-order valence-electron chi connectivity index (χ0n) is 18.5. The Balaban J connectivity index is 1.59.